The van der Waals surface area contributed by atoms with Gasteiger partial charge in [0.05, 0.1) is 0 Å². The summed E-state index contributed by atoms with van der Waals surface area (Å²) in [6.07, 6.45) is 2.04. The minimum Gasteiger partial charge on any atom is -0.504 e. The highest BCUT2D eigenvalue weighted by Gasteiger charge is 2.00. The van der Waals surface area contributed by atoms with Gasteiger partial charge in [-0.05, 0) is 48.2 Å². The molecule has 0 saturated heterocycles. The number of hydrogen-bond acceptors (Lipinski definition) is 4. The molecular weight excluding hydrogens is 246 g/mol. The summed E-state index contributed by atoms with van der Waals surface area (Å²) in [5.41, 5.74) is 1.94. The standard InChI is InChI=1S/C14H15NO2S/c1-18-12-5-3-11(4-6-12)15-9-10-2-7-13(16)14(17)8-10/h2-8,15-17H,9H2,1H3. The number of hydrogen-bond donors (Lipinski definition) is 3. The van der Waals surface area contributed by atoms with Crippen molar-refractivity contribution in [3.8, 4) is 11.5 Å². The van der Waals surface area contributed by atoms with Crippen molar-refractivity contribution in [2.24, 2.45) is 0 Å². The van der Waals surface area contributed by atoms with Crippen LogP contribution in [0.5, 0.6) is 11.5 Å². The average molecular weight is 261 g/mol. The first-order valence-corrected chi connectivity index (χ1v) is 6.80. The molecular formula is C14H15NO2S. The largest absolute Gasteiger partial charge is 0.504 e. The molecule has 3 nitrogen and oxygen atoms in total. The highest BCUT2D eigenvalue weighted by molar-refractivity contribution is 7.98. The normalized spacial score (nSPS) is 10.3. The predicted molar refractivity (Wildman–Crippen MR) is 75.3 cm³/mol. The summed E-state index contributed by atoms with van der Waals surface area (Å²) in [7, 11) is 0. The fraction of sp³-hybridized carbons (Fsp3) is 0.143. The van der Waals surface area contributed by atoms with Crippen LogP contribution in [-0.2, 0) is 6.54 Å². The van der Waals surface area contributed by atoms with E-state index in [-0.39, 0.29) is 11.5 Å². The van der Waals surface area contributed by atoms with Crippen molar-refractivity contribution >= 4 is 17.4 Å². The maximum Gasteiger partial charge on any atom is 0.157 e. The Morgan fingerprint density at radius 3 is 2.33 bits per heavy atom. The minimum atomic E-state index is -0.0944. The van der Waals surface area contributed by atoms with E-state index in [9.17, 15) is 10.2 Å². The molecule has 2 rings (SSSR count). The zero-order valence-electron chi connectivity index (χ0n) is 10.1. The Balaban J connectivity index is 1.99. The van der Waals surface area contributed by atoms with Crippen LogP contribution in [0, 0.1) is 0 Å². The Bertz CT molecular complexity index is 526. The minimum absolute atomic E-state index is 0.0907. The lowest BCUT2D eigenvalue weighted by atomic mass is 10.2. The molecule has 0 heterocycles. The summed E-state index contributed by atoms with van der Waals surface area (Å²) >= 11 is 1.71. The summed E-state index contributed by atoms with van der Waals surface area (Å²) < 4.78 is 0. The van der Waals surface area contributed by atoms with E-state index in [1.807, 2.05) is 18.4 Å². The molecule has 94 valence electrons. The van der Waals surface area contributed by atoms with Gasteiger partial charge in [-0.25, -0.2) is 0 Å². The van der Waals surface area contributed by atoms with Gasteiger partial charge in [0, 0.05) is 17.1 Å². The third-order valence-corrected chi connectivity index (χ3v) is 3.37. The van der Waals surface area contributed by atoms with E-state index >= 15 is 0 Å². The Hall–Kier alpha value is -1.81. The summed E-state index contributed by atoms with van der Waals surface area (Å²) in [4.78, 5) is 1.22. The summed E-state index contributed by atoms with van der Waals surface area (Å²) in [6.45, 7) is 0.604. The van der Waals surface area contributed by atoms with Gasteiger partial charge >= 0.3 is 0 Å². The van der Waals surface area contributed by atoms with Crippen LogP contribution in [0.1, 0.15) is 5.56 Å². The first-order valence-electron chi connectivity index (χ1n) is 5.58. The number of aromatic hydroxyl groups is 2. The lowest BCUT2D eigenvalue weighted by Gasteiger charge is -2.08. The molecule has 2 aromatic rings. The molecule has 3 N–H and O–H groups in total. The van der Waals surface area contributed by atoms with Crippen molar-refractivity contribution in [2.75, 3.05) is 11.6 Å². The third-order valence-electron chi connectivity index (χ3n) is 2.63. The number of phenolic OH excluding ortho intramolecular Hbond substituents is 2. The number of rotatable bonds is 4. The number of anilines is 1. The number of thioether (sulfide) groups is 1. The van der Waals surface area contributed by atoms with E-state index in [0.717, 1.165) is 11.3 Å². The van der Waals surface area contributed by atoms with E-state index in [4.69, 9.17) is 0 Å². The molecule has 0 atom stereocenters. The van der Waals surface area contributed by atoms with Gasteiger partial charge in [0.2, 0.25) is 0 Å². The van der Waals surface area contributed by atoms with Crippen molar-refractivity contribution in [1.29, 1.82) is 0 Å². The van der Waals surface area contributed by atoms with Crippen LogP contribution >= 0.6 is 11.8 Å². The molecule has 0 fully saturated rings. The van der Waals surface area contributed by atoms with Gasteiger partial charge in [-0.3, -0.25) is 0 Å². The van der Waals surface area contributed by atoms with Crippen LogP contribution in [0.2, 0.25) is 0 Å². The van der Waals surface area contributed by atoms with Crippen LogP contribution in [0.4, 0.5) is 5.69 Å². The van der Waals surface area contributed by atoms with Gasteiger partial charge in [-0.15, -0.1) is 11.8 Å². The summed E-state index contributed by atoms with van der Waals surface area (Å²) in [5.74, 6) is -0.185. The second-order valence-corrected chi connectivity index (χ2v) is 4.78. The van der Waals surface area contributed by atoms with Crippen LogP contribution in [0.3, 0.4) is 0 Å². The van der Waals surface area contributed by atoms with Crippen molar-refractivity contribution in [2.45, 2.75) is 11.4 Å². The molecule has 0 unspecified atom stereocenters. The van der Waals surface area contributed by atoms with Crippen molar-refractivity contribution in [3.05, 3.63) is 48.0 Å². The van der Waals surface area contributed by atoms with Gasteiger partial charge in [0.25, 0.3) is 0 Å². The summed E-state index contributed by atoms with van der Waals surface area (Å²) in [6, 6.07) is 13.0. The Labute approximate surface area is 110 Å². The maximum atomic E-state index is 9.39. The summed E-state index contributed by atoms with van der Waals surface area (Å²) in [5, 5.41) is 21.9. The molecule has 18 heavy (non-hydrogen) atoms. The van der Waals surface area contributed by atoms with Crippen LogP contribution in [0.25, 0.3) is 0 Å². The van der Waals surface area contributed by atoms with Crippen LogP contribution in [0.15, 0.2) is 47.4 Å². The highest BCUT2D eigenvalue weighted by Crippen LogP contribution is 2.25. The van der Waals surface area contributed by atoms with Gasteiger partial charge in [0.15, 0.2) is 11.5 Å². The Kier molecular flexibility index (Phi) is 3.99. The average Bonchev–Trinajstić information content (AvgIpc) is 2.41. The van der Waals surface area contributed by atoms with Crippen LogP contribution in [-0.4, -0.2) is 16.5 Å². The lowest BCUT2D eigenvalue weighted by molar-refractivity contribution is 0.403. The van der Waals surface area contributed by atoms with Gasteiger partial charge in [0.1, 0.15) is 0 Å². The fourth-order valence-electron chi connectivity index (χ4n) is 1.59. The molecule has 4 heteroatoms. The fourth-order valence-corrected chi connectivity index (χ4v) is 2.00. The number of benzene rings is 2. The van der Waals surface area contributed by atoms with E-state index in [2.05, 4.69) is 17.4 Å². The SMILES string of the molecule is CSc1ccc(NCc2ccc(O)c(O)c2)cc1. The number of nitrogens with one attached hydrogen (secondary N) is 1. The third kappa shape index (κ3) is 3.11. The molecule has 0 spiro atoms. The first-order chi connectivity index (χ1) is 8.69. The molecule has 0 amide bonds. The van der Waals surface area contributed by atoms with E-state index in [1.165, 1.54) is 11.0 Å². The van der Waals surface area contributed by atoms with Gasteiger partial charge in [-0.2, -0.15) is 0 Å². The smallest absolute Gasteiger partial charge is 0.157 e. The van der Waals surface area contributed by atoms with E-state index in [0.29, 0.717) is 6.54 Å². The quantitative estimate of drug-likeness (QED) is 0.583. The molecule has 0 radical (unpaired) electrons. The van der Waals surface area contributed by atoms with E-state index < -0.39 is 0 Å². The molecule has 0 aromatic heterocycles. The predicted octanol–water partition coefficient (Wildman–Crippen LogP) is 3.43. The topological polar surface area (TPSA) is 52.5 Å². The van der Waals surface area contributed by atoms with Crippen molar-refractivity contribution in [3.63, 3.8) is 0 Å². The van der Waals surface area contributed by atoms with Gasteiger partial charge < -0.3 is 15.5 Å². The Morgan fingerprint density at radius 2 is 1.72 bits per heavy atom. The van der Waals surface area contributed by atoms with Crippen LogP contribution < -0.4 is 5.32 Å². The molecule has 0 saturated carbocycles. The second-order valence-electron chi connectivity index (χ2n) is 3.91. The Morgan fingerprint density at radius 1 is 1.00 bits per heavy atom. The highest BCUT2D eigenvalue weighted by atomic mass is 32.2. The van der Waals surface area contributed by atoms with Crippen molar-refractivity contribution < 1.29 is 10.2 Å². The molecule has 0 aliphatic rings. The maximum absolute atomic E-state index is 9.39. The zero-order valence-corrected chi connectivity index (χ0v) is 10.9. The second kappa shape index (κ2) is 5.69. The molecule has 0 aliphatic carbocycles. The van der Waals surface area contributed by atoms with E-state index in [1.54, 1.807) is 23.9 Å². The molecule has 0 bridgehead atoms. The van der Waals surface area contributed by atoms with Crippen molar-refractivity contribution in [1.82, 2.24) is 0 Å². The first kappa shape index (κ1) is 12.6. The molecule has 0 aliphatic heterocycles. The monoisotopic (exact) mass is 261 g/mol. The lowest BCUT2D eigenvalue weighted by Crippen LogP contribution is -1.98. The van der Waals surface area contributed by atoms with Gasteiger partial charge in [-0.1, -0.05) is 6.07 Å². The zero-order chi connectivity index (χ0) is 13.0. The molecule has 2 aromatic carbocycles. The number of phenols is 2.